The van der Waals surface area contributed by atoms with Crippen LogP contribution in [0.3, 0.4) is 0 Å². The Hall–Kier alpha value is -1.23. The van der Waals surface area contributed by atoms with Crippen molar-refractivity contribution in [1.29, 1.82) is 0 Å². The highest BCUT2D eigenvalue weighted by Crippen LogP contribution is 2.43. The predicted octanol–water partition coefficient (Wildman–Crippen LogP) is 3.58. The highest BCUT2D eigenvalue weighted by atomic mass is 19.4. The molecule has 1 aromatic rings. The van der Waals surface area contributed by atoms with Crippen molar-refractivity contribution in [2.45, 2.75) is 51.4 Å². The van der Waals surface area contributed by atoms with Crippen LogP contribution in [0.15, 0.2) is 18.2 Å². The Kier molecular flexibility index (Phi) is 4.28. The molecule has 1 atom stereocenters. The number of halogens is 3. The number of anilines is 1. The fraction of sp³-hybridized carbons (Fsp3) is 0.600. The largest absolute Gasteiger partial charge is 0.416 e. The molecule has 2 rings (SSSR count). The van der Waals surface area contributed by atoms with Gasteiger partial charge in [0, 0.05) is 17.8 Å². The number of nitrogens with two attached hydrogens (primary N) is 1. The van der Waals surface area contributed by atoms with E-state index in [0.29, 0.717) is 18.5 Å². The molecule has 0 amide bonds. The van der Waals surface area contributed by atoms with Gasteiger partial charge in [-0.15, -0.1) is 0 Å². The van der Waals surface area contributed by atoms with Gasteiger partial charge in [0.15, 0.2) is 0 Å². The molecule has 1 heterocycles. The van der Waals surface area contributed by atoms with E-state index < -0.39 is 11.7 Å². The highest BCUT2D eigenvalue weighted by Gasteiger charge is 2.39. The van der Waals surface area contributed by atoms with Gasteiger partial charge in [-0.05, 0) is 57.4 Å². The number of alkyl halides is 3. The first kappa shape index (κ1) is 15.2. The first-order chi connectivity index (χ1) is 9.36. The van der Waals surface area contributed by atoms with E-state index in [9.17, 15) is 13.2 Å². The second-order valence-electron chi connectivity index (χ2n) is 5.59. The lowest BCUT2D eigenvalue weighted by Crippen LogP contribution is -2.38. The molecule has 0 spiro atoms. The molecule has 0 saturated carbocycles. The first-order valence-corrected chi connectivity index (χ1v) is 7.03. The van der Waals surface area contributed by atoms with Gasteiger partial charge in [-0.2, -0.15) is 13.2 Å². The summed E-state index contributed by atoms with van der Waals surface area (Å²) in [6.07, 6.45) is -2.15. The van der Waals surface area contributed by atoms with Crippen molar-refractivity contribution in [2.24, 2.45) is 5.73 Å². The molecule has 1 aliphatic rings. The summed E-state index contributed by atoms with van der Waals surface area (Å²) in [6, 6.07) is 4.79. The van der Waals surface area contributed by atoms with E-state index in [1.54, 1.807) is 6.07 Å². The van der Waals surface area contributed by atoms with Gasteiger partial charge >= 0.3 is 6.18 Å². The molecule has 0 aliphatic carbocycles. The van der Waals surface area contributed by atoms with Crippen molar-refractivity contribution in [1.82, 2.24) is 0 Å². The molecule has 0 fully saturated rings. The molecule has 0 aromatic heterocycles. The molecule has 5 heteroatoms. The lowest BCUT2D eigenvalue weighted by molar-refractivity contribution is -0.138. The number of hydrogen-bond acceptors (Lipinski definition) is 2. The van der Waals surface area contributed by atoms with Gasteiger partial charge in [-0.1, -0.05) is 6.07 Å². The standard InChI is InChI=1S/C15H21F3N2/c1-10(2)20-11(5-4-8-19)9-12-13(15(16,17)18)6-3-7-14(12)20/h3,6-7,10-11H,4-5,8-9,19H2,1-2H3. The lowest BCUT2D eigenvalue weighted by Gasteiger charge is -2.31. The summed E-state index contributed by atoms with van der Waals surface area (Å²) in [4.78, 5) is 2.11. The molecule has 112 valence electrons. The summed E-state index contributed by atoms with van der Waals surface area (Å²) in [5.41, 5.74) is 6.22. The Morgan fingerprint density at radius 2 is 2.05 bits per heavy atom. The fourth-order valence-electron chi connectivity index (χ4n) is 3.12. The third kappa shape index (κ3) is 2.77. The quantitative estimate of drug-likeness (QED) is 0.916. The normalized spacial score (nSPS) is 18.8. The van der Waals surface area contributed by atoms with E-state index in [1.807, 2.05) is 13.8 Å². The van der Waals surface area contributed by atoms with Gasteiger partial charge in [0.1, 0.15) is 0 Å². The average molecular weight is 286 g/mol. The molecule has 2 N–H and O–H groups in total. The van der Waals surface area contributed by atoms with Crippen LogP contribution in [0, 0.1) is 0 Å². The average Bonchev–Trinajstić information content (AvgIpc) is 2.72. The van der Waals surface area contributed by atoms with Gasteiger partial charge < -0.3 is 10.6 Å². The maximum Gasteiger partial charge on any atom is 0.416 e. The minimum absolute atomic E-state index is 0.122. The summed E-state index contributed by atoms with van der Waals surface area (Å²) >= 11 is 0. The zero-order valence-corrected chi connectivity index (χ0v) is 11.9. The molecule has 0 saturated heterocycles. The van der Waals surface area contributed by atoms with Crippen LogP contribution >= 0.6 is 0 Å². The molecule has 2 nitrogen and oxygen atoms in total. The van der Waals surface area contributed by atoms with Crippen LogP contribution in [0.5, 0.6) is 0 Å². The number of fused-ring (bicyclic) bond motifs is 1. The van der Waals surface area contributed by atoms with Crippen LogP contribution < -0.4 is 10.6 Å². The minimum atomic E-state index is -4.28. The smallest absolute Gasteiger partial charge is 0.366 e. The molecule has 1 aliphatic heterocycles. The Bertz CT molecular complexity index is 469. The van der Waals surface area contributed by atoms with E-state index >= 15 is 0 Å². The first-order valence-electron chi connectivity index (χ1n) is 7.03. The van der Waals surface area contributed by atoms with Crippen molar-refractivity contribution < 1.29 is 13.2 Å². The monoisotopic (exact) mass is 286 g/mol. The van der Waals surface area contributed by atoms with Crippen LogP contribution in [0.25, 0.3) is 0 Å². The second-order valence-corrected chi connectivity index (χ2v) is 5.59. The summed E-state index contributed by atoms with van der Waals surface area (Å²) in [6.45, 7) is 4.61. The third-order valence-electron chi connectivity index (χ3n) is 3.87. The molecule has 1 aromatic carbocycles. The van der Waals surface area contributed by atoms with E-state index in [1.165, 1.54) is 12.1 Å². The van der Waals surface area contributed by atoms with Crippen molar-refractivity contribution in [3.05, 3.63) is 29.3 Å². The van der Waals surface area contributed by atoms with Gasteiger partial charge in [0.05, 0.1) is 5.56 Å². The van der Waals surface area contributed by atoms with E-state index in [0.717, 1.165) is 18.5 Å². The number of rotatable bonds is 4. The van der Waals surface area contributed by atoms with Crippen molar-refractivity contribution in [2.75, 3.05) is 11.4 Å². The van der Waals surface area contributed by atoms with Gasteiger partial charge in [0.2, 0.25) is 0 Å². The highest BCUT2D eigenvalue weighted by molar-refractivity contribution is 5.63. The van der Waals surface area contributed by atoms with E-state index in [-0.39, 0.29) is 12.1 Å². The van der Waals surface area contributed by atoms with Gasteiger partial charge in [-0.3, -0.25) is 0 Å². The molecule has 20 heavy (non-hydrogen) atoms. The van der Waals surface area contributed by atoms with Crippen LogP contribution in [0.1, 0.15) is 37.8 Å². The van der Waals surface area contributed by atoms with E-state index in [2.05, 4.69) is 4.90 Å². The number of benzene rings is 1. The van der Waals surface area contributed by atoms with Crippen molar-refractivity contribution >= 4 is 5.69 Å². The summed E-state index contributed by atoms with van der Waals surface area (Å²) < 4.78 is 39.3. The minimum Gasteiger partial charge on any atom is -0.366 e. The number of nitrogens with zero attached hydrogens (tertiary/aromatic N) is 1. The summed E-state index contributed by atoms with van der Waals surface area (Å²) in [5.74, 6) is 0. The zero-order valence-electron chi connectivity index (χ0n) is 11.9. The second kappa shape index (κ2) is 5.64. The van der Waals surface area contributed by atoms with Crippen molar-refractivity contribution in [3.8, 4) is 0 Å². The Morgan fingerprint density at radius 1 is 1.35 bits per heavy atom. The van der Waals surface area contributed by atoms with Crippen LogP contribution in [-0.4, -0.2) is 18.6 Å². The molecular formula is C15H21F3N2. The summed E-state index contributed by atoms with van der Waals surface area (Å²) in [7, 11) is 0. The fourth-order valence-corrected chi connectivity index (χ4v) is 3.12. The molecule has 1 unspecified atom stereocenters. The van der Waals surface area contributed by atoms with Crippen molar-refractivity contribution in [3.63, 3.8) is 0 Å². The predicted molar refractivity (Wildman–Crippen MR) is 74.8 cm³/mol. The number of hydrogen-bond donors (Lipinski definition) is 1. The van der Waals surface area contributed by atoms with Gasteiger partial charge in [-0.25, -0.2) is 0 Å². The third-order valence-corrected chi connectivity index (χ3v) is 3.87. The van der Waals surface area contributed by atoms with Crippen LogP contribution in [0.4, 0.5) is 18.9 Å². The maximum atomic E-state index is 13.1. The maximum absolute atomic E-state index is 13.1. The van der Waals surface area contributed by atoms with Gasteiger partial charge in [0.25, 0.3) is 0 Å². The Balaban J connectivity index is 2.40. The van der Waals surface area contributed by atoms with Crippen LogP contribution in [-0.2, 0) is 12.6 Å². The molecular weight excluding hydrogens is 265 g/mol. The zero-order chi connectivity index (χ0) is 14.9. The van der Waals surface area contributed by atoms with Crippen LogP contribution in [0.2, 0.25) is 0 Å². The Morgan fingerprint density at radius 3 is 2.60 bits per heavy atom. The SMILES string of the molecule is CC(C)N1c2cccc(C(F)(F)F)c2CC1CCCN. The summed E-state index contributed by atoms with van der Waals surface area (Å²) in [5, 5.41) is 0. The Labute approximate surface area is 117 Å². The lowest BCUT2D eigenvalue weighted by atomic mass is 10.0. The molecule has 0 radical (unpaired) electrons. The topological polar surface area (TPSA) is 29.3 Å². The van der Waals surface area contributed by atoms with E-state index in [4.69, 9.17) is 5.73 Å². The molecule has 0 bridgehead atoms.